The van der Waals surface area contributed by atoms with E-state index >= 15 is 0 Å². The van der Waals surface area contributed by atoms with Crippen molar-refractivity contribution in [3.05, 3.63) is 102 Å². The van der Waals surface area contributed by atoms with Crippen LogP contribution in [0, 0.1) is 26.0 Å². The molecule has 0 fully saturated rings. The van der Waals surface area contributed by atoms with E-state index in [1.165, 1.54) is 17.0 Å². The summed E-state index contributed by atoms with van der Waals surface area (Å²) >= 11 is 0. The molecule has 3 rings (SSSR count). The summed E-state index contributed by atoms with van der Waals surface area (Å²) in [6.07, 6.45) is 2.74. The zero-order valence-corrected chi connectivity index (χ0v) is 17.8. The van der Waals surface area contributed by atoms with Crippen LogP contribution in [0.15, 0.2) is 46.2 Å². The van der Waals surface area contributed by atoms with E-state index in [9.17, 15) is 19.6 Å². The lowest BCUT2D eigenvalue weighted by atomic mass is 9.95. The van der Waals surface area contributed by atoms with Gasteiger partial charge >= 0.3 is 5.69 Å². The average molecular weight is 407 g/mol. The molecule has 0 saturated heterocycles. The van der Waals surface area contributed by atoms with Crippen molar-refractivity contribution in [2.24, 2.45) is 0 Å². The monoisotopic (exact) mass is 407 g/mol. The standard InChI is InChI=1S/C23H25N3O4/c1-13(2)19-20(21(27)18-9-14(3)8-15(4)10-18)26(23(29)24-22(19)28)12-17-6-7-25(30)11-16(17)5/h6-11,13H,12H2,1-5H3,(H,24,28,29). The number of ketones is 1. The molecule has 0 radical (unpaired) electrons. The maximum absolute atomic E-state index is 13.6. The summed E-state index contributed by atoms with van der Waals surface area (Å²) < 4.78 is 1.98. The second-order valence-corrected chi connectivity index (χ2v) is 7.98. The molecule has 0 unspecified atom stereocenters. The van der Waals surface area contributed by atoms with Crippen LogP contribution < -0.4 is 16.0 Å². The Bertz CT molecular complexity index is 1230. The summed E-state index contributed by atoms with van der Waals surface area (Å²) in [7, 11) is 0. The quantitative estimate of drug-likeness (QED) is 0.399. The molecule has 0 amide bonds. The number of hydrogen-bond donors (Lipinski definition) is 1. The first kappa shape index (κ1) is 21.2. The Morgan fingerprint density at radius 3 is 2.33 bits per heavy atom. The Morgan fingerprint density at radius 1 is 1.13 bits per heavy atom. The van der Waals surface area contributed by atoms with E-state index in [0.29, 0.717) is 21.4 Å². The van der Waals surface area contributed by atoms with Gasteiger partial charge in [-0.05, 0) is 44.4 Å². The number of aromatic nitrogens is 3. The predicted molar refractivity (Wildman–Crippen MR) is 114 cm³/mol. The van der Waals surface area contributed by atoms with Gasteiger partial charge in [0.1, 0.15) is 5.69 Å². The van der Waals surface area contributed by atoms with Crippen LogP contribution in [0.2, 0.25) is 0 Å². The van der Waals surface area contributed by atoms with E-state index in [4.69, 9.17) is 0 Å². The molecule has 0 bridgehead atoms. The molecule has 3 aromatic rings. The van der Waals surface area contributed by atoms with Gasteiger partial charge in [0.15, 0.2) is 12.4 Å². The molecule has 1 N–H and O–H groups in total. The van der Waals surface area contributed by atoms with Gasteiger partial charge in [-0.1, -0.05) is 31.0 Å². The molecule has 30 heavy (non-hydrogen) atoms. The van der Waals surface area contributed by atoms with Crippen molar-refractivity contribution in [3.63, 3.8) is 0 Å². The van der Waals surface area contributed by atoms with Crippen molar-refractivity contribution >= 4 is 5.78 Å². The number of benzene rings is 1. The number of rotatable bonds is 5. The van der Waals surface area contributed by atoms with Gasteiger partial charge in [-0.2, -0.15) is 4.73 Å². The molecule has 0 aliphatic carbocycles. The molecule has 0 aliphatic heterocycles. The lowest BCUT2D eigenvalue weighted by Crippen LogP contribution is -2.38. The topological polar surface area (TPSA) is 98.9 Å². The second-order valence-electron chi connectivity index (χ2n) is 7.98. The number of hydrogen-bond acceptors (Lipinski definition) is 4. The van der Waals surface area contributed by atoms with Crippen LogP contribution in [0.4, 0.5) is 0 Å². The van der Waals surface area contributed by atoms with Crippen molar-refractivity contribution in [3.8, 4) is 0 Å². The predicted octanol–water partition coefficient (Wildman–Crippen LogP) is 2.50. The largest absolute Gasteiger partial charge is 0.619 e. The smallest absolute Gasteiger partial charge is 0.329 e. The SMILES string of the molecule is Cc1cc(C)cc(C(=O)c2c(C(C)C)c(=O)[nH]c(=O)n2Cc2cc[n+]([O-])cc2C)c1. The molecule has 2 heterocycles. The van der Waals surface area contributed by atoms with Gasteiger partial charge in [0, 0.05) is 22.8 Å². The first-order chi connectivity index (χ1) is 14.1. The number of nitrogens with zero attached hydrogens (tertiary/aromatic N) is 2. The van der Waals surface area contributed by atoms with Crippen LogP contribution in [-0.2, 0) is 6.54 Å². The fourth-order valence-corrected chi connectivity index (χ4v) is 3.72. The third-order valence-corrected chi connectivity index (χ3v) is 5.09. The highest BCUT2D eigenvalue weighted by atomic mass is 16.5. The van der Waals surface area contributed by atoms with Gasteiger partial charge in [0.25, 0.3) is 5.56 Å². The normalized spacial score (nSPS) is 11.1. The first-order valence-corrected chi connectivity index (χ1v) is 9.76. The molecule has 0 atom stereocenters. The van der Waals surface area contributed by atoms with Crippen molar-refractivity contribution in [2.45, 2.75) is 47.1 Å². The summed E-state index contributed by atoms with van der Waals surface area (Å²) in [5.74, 6) is -0.646. The van der Waals surface area contributed by atoms with Crippen molar-refractivity contribution < 1.29 is 9.52 Å². The van der Waals surface area contributed by atoms with Gasteiger partial charge in [-0.3, -0.25) is 19.1 Å². The maximum Gasteiger partial charge on any atom is 0.329 e. The molecule has 0 aliphatic rings. The molecule has 7 heteroatoms. The van der Waals surface area contributed by atoms with E-state index in [2.05, 4.69) is 4.98 Å². The Hall–Kier alpha value is -3.48. The number of nitrogens with one attached hydrogen (secondary N) is 1. The Labute approximate surface area is 174 Å². The van der Waals surface area contributed by atoms with Gasteiger partial charge in [0.05, 0.1) is 6.54 Å². The first-order valence-electron chi connectivity index (χ1n) is 9.76. The Balaban J connectivity index is 2.29. The minimum atomic E-state index is -0.657. The zero-order chi connectivity index (χ0) is 22.2. The minimum Gasteiger partial charge on any atom is -0.619 e. The molecule has 0 saturated carbocycles. The van der Waals surface area contributed by atoms with Crippen LogP contribution >= 0.6 is 0 Å². The molecular weight excluding hydrogens is 382 g/mol. The van der Waals surface area contributed by atoms with Crippen LogP contribution in [0.1, 0.15) is 63.6 Å². The number of carbonyl (C=O) groups is 1. The zero-order valence-electron chi connectivity index (χ0n) is 17.8. The third kappa shape index (κ3) is 4.10. The highest BCUT2D eigenvalue weighted by molar-refractivity contribution is 6.09. The van der Waals surface area contributed by atoms with E-state index in [1.54, 1.807) is 25.1 Å². The van der Waals surface area contributed by atoms with E-state index in [-0.39, 0.29) is 29.5 Å². The number of H-pyrrole nitrogens is 1. The molecule has 156 valence electrons. The van der Waals surface area contributed by atoms with E-state index in [0.717, 1.165) is 11.1 Å². The van der Waals surface area contributed by atoms with Gasteiger partial charge in [-0.25, -0.2) is 4.79 Å². The van der Waals surface area contributed by atoms with Crippen LogP contribution in [0.5, 0.6) is 0 Å². The molecule has 0 spiro atoms. The Morgan fingerprint density at radius 2 is 1.77 bits per heavy atom. The highest BCUT2D eigenvalue weighted by Crippen LogP contribution is 2.21. The van der Waals surface area contributed by atoms with Crippen molar-refractivity contribution in [2.75, 3.05) is 0 Å². The lowest BCUT2D eigenvalue weighted by Gasteiger charge is -2.18. The van der Waals surface area contributed by atoms with E-state index < -0.39 is 11.2 Å². The van der Waals surface area contributed by atoms with Crippen molar-refractivity contribution in [1.82, 2.24) is 9.55 Å². The summed E-state index contributed by atoms with van der Waals surface area (Å²) in [6, 6.07) is 7.07. The average Bonchev–Trinajstić information content (AvgIpc) is 2.63. The third-order valence-electron chi connectivity index (χ3n) is 5.09. The van der Waals surface area contributed by atoms with E-state index in [1.807, 2.05) is 33.8 Å². The summed E-state index contributed by atoms with van der Waals surface area (Å²) in [5, 5.41) is 11.5. The second kappa shape index (κ2) is 8.10. The molecule has 2 aromatic heterocycles. The van der Waals surface area contributed by atoms with Crippen LogP contribution in [0.25, 0.3) is 0 Å². The fraction of sp³-hybridized carbons (Fsp3) is 0.304. The summed E-state index contributed by atoms with van der Waals surface area (Å²) in [5.41, 5.74) is 2.80. The summed E-state index contributed by atoms with van der Waals surface area (Å²) in [6.45, 7) is 9.23. The summed E-state index contributed by atoms with van der Waals surface area (Å²) in [4.78, 5) is 41.3. The lowest BCUT2D eigenvalue weighted by molar-refractivity contribution is -0.605. The van der Waals surface area contributed by atoms with Gasteiger partial charge < -0.3 is 5.21 Å². The Kier molecular flexibility index (Phi) is 5.73. The number of aryl methyl sites for hydroxylation is 3. The fourth-order valence-electron chi connectivity index (χ4n) is 3.72. The van der Waals surface area contributed by atoms with Gasteiger partial charge in [-0.15, -0.1) is 0 Å². The number of aromatic amines is 1. The molecule has 1 aromatic carbocycles. The maximum atomic E-state index is 13.6. The minimum absolute atomic E-state index is 0.0634. The van der Waals surface area contributed by atoms with Crippen LogP contribution in [0.3, 0.4) is 0 Å². The highest BCUT2D eigenvalue weighted by Gasteiger charge is 2.25. The number of pyridine rings is 1. The molecule has 7 nitrogen and oxygen atoms in total. The van der Waals surface area contributed by atoms with Gasteiger partial charge in [0.2, 0.25) is 5.78 Å². The molecular formula is C23H25N3O4. The number of carbonyl (C=O) groups excluding carboxylic acids is 1. The van der Waals surface area contributed by atoms with Crippen molar-refractivity contribution in [1.29, 1.82) is 0 Å². The van der Waals surface area contributed by atoms with Crippen LogP contribution in [-0.4, -0.2) is 15.3 Å².